The zero-order valence-electron chi connectivity index (χ0n) is 31.7. The van der Waals surface area contributed by atoms with E-state index in [-0.39, 0.29) is 39.9 Å². The van der Waals surface area contributed by atoms with Crippen LogP contribution in [-0.4, -0.2) is 40.8 Å². The predicted octanol–water partition coefficient (Wildman–Crippen LogP) is 8.89. The number of para-hydroxylation sites is 1. The first-order valence-corrected chi connectivity index (χ1v) is 23.5. The minimum Gasteiger partial charge on any atom is -0.409 e. The average molecular weight is 869 g/mol. The van der Waals surface area contributed by atoms with E-state index in [1.54, 1.807) is 146 Å². The molecule has 0 spiro atoms. The smallest absolute Gasteiger partial charge is 0.409 e. The van der Waals surface area contributed by atoms with E-state index in [4.69, 9.17) is 23.8 Å². The van der Waals surface area contributed by atoms with Crippen molar-refractivity contribution < 1.29 is 34.9 Å². The van der Waals surface area contributed by atoms with Crippen LogP contribution in [-0.2, 0) is 26.0 Å². The summed E-state index contributed by atoms with van der Waals surface area (Å²) in [6, 6.07) is 40.4. The van der Waals surface area contributed by atoms with Crippen LogP contribution in [0.15, 0.2) is 180 Å². The van der Waals surface area contributed by atoms with Crippen LogP contribution in [0.2, 0.25) is 0 Å². The van der Waals surface area contributed by atoms with Gasteiger partial charge in [-0.2, -0.15) is 0 Å². The number of pyridine rings is 4. The van der Waals surface area contributed by atoms with Crippen LogP contribution < -0.4 is 23.8 Å². The van der Waals surface area contributed by atoms with E-state index in [0.29, 0.717) is 11.3 Å². The van der Waals surface area contributed by atoms with Crippen molar-refractivity contribution in [2.45, 2.75) is 30.2 Å². The van der Waals surface area contributed by atoms with Crippen molar-refractivity contribution in [1.82, 2.24) is 24.0 Å². The highest BCUT2D eigenvalue weighted by atomic mass is 32.8. The van der Waals surface area contributed by atoms with E-state index >= 15 is 0 Å². The standard InChI is InChI=1S/C24H23N4O4PS.C17H15N2O4PS/c1-19-12-14-21(15-13-19)34(29,30)28(18-20-8-2-3-9-22(20)25)33(31-23-10-4-6-16-26-23)32-24-11-5-7-17-27-24;1-14-8-10-15(11-9-14)25(20,21)24(22-16-6-2-4-12-18-16)23-17-7-3-5-13-19-17/h2-17H,18,25H2,1H3;2-13H,1H3. The third-order valence-electron chi connectivity index (χ3n) is 7.88. The van der Waals surface area contributed by atoms with Crippen LogP contribution in [0.3, 0.4) is 0 Å². The molecule has 18 heteroatoms. The molecule has 14 nitrogen and oxygen atoms in total. The number of nitrogen functional groups attached to an aromatic ring is 1. The number of hydrogen-bond acceptors (Lipinski definition) is 13. The Hall–Kier alpha value is -6.02. The van der Waals surface area contributed by atoms with Crippen molar-refractivity contribution in [2.24, 2.45) is 0 Å². The first kappa shape index (κ1) is 42.6. The summed E-state index contributed by atoms with van der Waals surface area (Å²) >= 11 is 0. The summed E-state index contributed by atoms with van der Waals surface area (Å²) in [5.41, 5.74) is 9.12. The summed E-state index contributed by atoms with van der Waals surface area (Å²) in [6.45, 7) is 3.70. The molecule has 3 aromatic carbocycles. The lowest BCUT2D eigenvalue weighted by molar-refractivity contribution is 0.405. The number of sulfonamides is 1. The molecule has 0 unspecified atom stereocenters. The van der Waals surface area contributed by atoms with E-state index in [1.165, 1.54) is 28.6 Å². The van der Waals surface area contributed by atoms with Crippen LogP contribution in [0, 0.1) is 13.8 Å². The highest BCUT2D eigenvalue weighted by Crippen LogP contribution is 2.49. The van der Waals surface area contributed by atoms with Crippen LogP contribution >= 0.6 is 16.1 Å². The summed E-state index contributed by atoms with van der Waals surface area (Å²) in [5, 5.41) is 0. The molecule has 0 aliphatic heterocycles. The molecular formula is C41H38N6O8P2S2. The molecule has 0 bridgehead atoms. The highest BCUT2D eigenvalue weighted by molar-refractivity contribution is 8.47. The maximum atomic E-state index is 13.9. The number of aromatic nitrogens is 4. The van der Waals surface area contributed by atoms with Crippen molar-refractivity contribution in [3.8, 4) is 23.5 Å². The molecule has 0 fully saturated rings. The van der Waals surface area contributed by atoms with Gasteiger partial charge in [-0.05, 0) is 74.0 Å². The fourth-order valence-electron chi connectivity index (χ4n) is 4.83. The number of hydrogen-bond donors (Lipinski definition) is 1. The van der Waals surface area contributed by atoms with Crippen LogP contribution in [0.25, 0.3) is 0 Å². The molecule has 0 radical (unpaired) electrons. The number of nitrogens with zero attached hydrogens (tertiary/aromatic N) is 5. The topological polar surface area (TPSA) is 186 Å². The van der Waals surface area contributed by atoms with E-state index in [1.807, 2.05) is 13.8 Å². The molecule has 0 aliphatic carbocycles. The van der Waals surface area contributed by atoms with Crippen LogP contribution in [0.1, 0.15) is 16.7 Å². The molecule has 7 aromatic rings. The highest BCUT2D eigenvalue weighted by Gasteiger charge is 2.39. The minimum absolute atomic E-state index is 0.0751. The van der Waals surface area contributed by atoms with Crippen molar-refractivity contribution in [3.05, 3.63) is 187 Å². The summed E-state index contributed by atoms with van der Waals surface area (Å²) in [4.78, 5) is 16.6. The third kappa shape index (κ3) is 11.8. The molecule has 0 amide bonds. The second-order valence-electron chi connectivity index (χ2n) is 12.3. The number of benzene rings is 3. The van der Waals surface area contributed by atoms with Gasteiger partial charge < -0.3 is 23.8 Å². The maximum absolute atomic E-state index is 13.9. The second-order valence-corrected chi connectivity index (χ2v) is 20.3. The Kier molecular flexibility index (Phi) is 14.5. The number of rotatable bonds is 15. The SMILES string of the molecule is Cc1ccc(S(=O)(=O)N(Cc2ccccc2N)P(Oc2ccccn2)Oc2ccccn2)cc1.Cc1ccc(S(=O)(=O)P(Oc2ccccn2)Oc2ccccn2)cc1. The van der Waals surface area contributed by atoms with Gasteiger partial charge in [0.05, 0.1) is 16.3 Å². The number of nitrogens with two attached hydrogens (primary N) is 1. The van der Waals surface area contributed by atoms with Gasteiger partial charge in [0, 0.05) is 54.7 Å². The van der Waals surface area contributed by atoms with Crippen molar-refractivity contribution in [2.75, 3.05) is 5.73 Å². The lowest BCUT2D eigenvalue weighted by atomic mass is 10.2. The van der Waals surface area contributed by atoms with Gasteiger partial charge in [-0.1, -0.05) is 77.9 Å². The van der Waals surface area contributed by atoms with Crippen molar-refractivity contribution in [3.63, 3.8) is 0 Å². The van der Waals surface area contributed by atoms with Crippen molar-refractivity contribution >= 4 is 41.3 Å². The Bertz CT molecular complexity index is 2520. The summed E-state index contributed by atoms with van der Waals surface area (Å²) in [5.74, 6) is 0.768. The van der Waals surface area contributed by atoms with E-state index in [0.717, 1.165) is 11.1 Å². The van der Waals surface area contributed by atoms with E-state index in [9.17, 15) is 16.8 Å². The number of aryl methyl sites for hydroxylation is 2. The Balaban J connectivity index is 0.000000208. The Labute approximate surface area is 345 Å². The summed E-state index contributed by atoms with van der Waals surface area (Å²) in [6.07, 6.45) is 6.14. The van der Waals surface area contributed by atoms with Gasteiger partial charge in [-0.15, -0.1) is 4.08 Å². The quantitative estimate of drug-likeness (QED) is 0.0761. The van der Waals surface area contributed by atoms with Gasteiger partial charge >= 0.3 is 16.1 Å². The summed E-state index contributed by atoms with van der Waals surface area (Å²) < 4.78 is 78.1. The van der Waals surface area contributed by atoms with Gasteiger partial charge in [0.1, 0.15) is 0 Å². The minimum atomic E-state index is -4.07. The monoisotopic (exact) mass is 868 g/mol. The molecule has 4 aromatic heterocycles. The fraction of sp³-hybridized carbons (Fsp3) is 0.0732. The van der Waals surface area contributed by atoms with Crippen molar-refractivity contribution in [1.29, 1.82) is 0 Å². The zero-order chi connectivity index (χ0) is 41.7. The lowest BCUT2D eigenvalue weighted by Crippen LogP contribution is -2.30. The first-order valence-electron chi connectivity index (χ1n) is 17.7. The van der Waals surface area contributed by atoms with Crippen LogP contribution in [0.5, 0.6) is 23.5 Å². The van der Waals surface area contributed by atoms with E-state index < -0.39 is 35.6 Å². The first-order chi connectivity index (χ1) is 28.5. The molecule has 0 saturated heterocycles. The molecule has 302 valence electrons. The van der Waals surface area contributed by atoms with E-state index in [2.05, 4.69) is 19.9 Å². The molecule has 4 heterocycles. The third-order valence-corrected chi connectivity index (χ3v) is 15.9. The molecule has 0 aliphatic rings. The van der Waals surface area contributed by atoms with Gasteiger partial charge in [-0.25, -0.2) is 36.8 Å². The Morgan fingerprint density at radius 3 is 1.31 bits per heavy atom. The largest absolute Gasteiger partial charge is 0.429 e. The van der Waals surface area contributed by atoms with Gasteiger partial charge in [0.15, 0.2) is 0 Å². The normalized spacial score (nSPS) is 11.4. The maximum Gasteiger partial charge on any atom is 0.429 e. The molecular weight excluding hydrogens is 831 g/mol. The zero-order valence-corrected chi connectivity index (χ0v) is 35.1. The lowest BCUT2D eigenvalue weighted by Gasteiger charge is -2.28. The number of anilines is 1. The average Bonchev–Trinajstić information content (AvgIpc) is 3.25. The fourth-order valence-corrected chi connectivity index (χ4v) is 11.4. The predicted molar refractivity (Wildman–Crippen MR) is 226 cm³/mol. The van der Waals surface area contributed by atoms with Gasteiger partial charge in [-0.3, -0.25) is 0 Å². The van der Waals surface area contributed by atoms with Gasteiger partial charge in [0.2, 0.25) is 23.5 Å². The Morgan fingerprint density at radius 1 is 0.508 bits per heavy atom. The second kappa shape index (κ2) is 20.1. The molecule has 7 rings (SSSR count). The van der Waals surface area contributed by atoms with Gasteiger partial charge in [0.25, 0.3) is 19.5 Å². The molecule has 0 saturated carbocycles. The summed E-state index contributed by atoms with van der Waals surface area (Å²) in [7, 11) is -12.6. The van der Waals surface area contributed by atoms with Crippen LogP contribution in [0.4, 0.5) is 5.69 Å². The Morgan fingerprint density at radius 2 is 0.898 bits per heavy atom. The molecule has 59 heavy (non-hydrogen) atoms. The molecule has 0 atom stereocenters. The molecule has 2 N–H and O–H groups in total.